The largest absolute Gasteiger partial charge is 0.372 e. The van der Waals surface area contributed by atoms with Crippen LogP contribution in [0.25, 0.3) is 0 Å². The fourth-order valence-corrected chi connectivity index (χ4v) is 2.09. The van der Waals surface area contributed by atoms with E-state index in [1.165, 1.54) is 24.9 Å². The molecule has 0 aromatic heterocycles. The van der Waals surface area contributed by atoms with Gasteiger partial charge in [0.2, 0.25) is 5.96 Å². The summed E-state index contributed by atoms with van der Waals surface area (Å²) >= 11 is 0. The Morgan fingerprint density at radius 1 is 1.06 bits per heavy atom. The molecule has 18 heavy (non-hydrogen) atoms. The van der Waals surface area contributed by atoms with E-state index in [4.69, 9.17) is 11.5 Å². The van der Waals surface area contributed by atoms with E-state index in [1.54, 1.807) is 6.21 Å². The highest BCUT2D eigenvalue weighted by Crippen LogP contribution is 2.19. The Morgan fingerprint density at radius 2 is 1.72 bits per heavy atom. The summed E-state index contributed by atoms with van der Waals surface area (Å²) < 4.78 is 0. The molecule has 1 aromatic carbocycles. The first-order valence-corrected chi connectivity index (χ1v) is 6.23. The van der Waals surface area contributed by atoms with E-state index in [2.05, 4.69) is 27.2 Å². The summed E-state index contributed by atoms with van der Waals surface area (Å²) in [6.07, 6.45) is 5.56. The van der Waals surface area contributed by atoms with Crippen LogP contribution in [0, 0.1) is 0 Å². The maximum Gasteiger partial charge on any atom is 0.211 e. The van der Waals surface area contributed by atoms with Crippen LogP contribution < -0.4 is 16.4 Å². The minimum atomic E-state index is -0.0313. The minimum Gasteiger partial charge on any atom is -0.372 e. The molecule has 5 heteroatoms. The predicted molar refractivity (Wildman–Crippen MR) is 75.9 cm³/mol. The Bertz CT molecular complexity index is 425. The summed E-state index contributed by atoms with van der Waals surface area (Å²) in [5.74, 6) is -0.0313. The Balaban J connectivity index is 2.00. The summed E-state index contributed by atoms with van der Waals surface area (Å²) in [7, 11) is 0. The van der Waals surface area contributed by atoms with Gasteiger partial charge in [-0.1, -0.05) is 12.1 Å². The van der Waals surface area contributed by atoms with E-state index in [1.807, 2.05) is 12.1 Å². The van der Waals surface area contributed by atoms with Crippen molar-refractivity contribution in [1.82, 2.24) is 0 Å². The van der Waals surface area contributed by atoms with Crippen molar-refractivity contribution < 1.29 is 0 Å². The van der Waals surface area contributed by atoms with Gasteiger partial charge in [-0.2, -0.15) is 5.10 Å². The van der Waals surface area contributed by atoms with Gasteiger partial charge in [-0.05, 0) is 37.0 Å². The summed E-state index contributed by atoms with van der Waals surface area (Å²) in [4.78, 5) is 2.42. The number of nitrogens with zero attached hydrogens (tertiary/aromatic N) is 3. The number of guanidine groups is 1. The molecule has 1 aliphatic heterocycles. The fourth-order valence-electron chi connectivity index (χ4n) is 2.09. The predicted octanol–water partition coefficient (Wildman–Crippen LogP) is 1.28. The van der Waals surface area contributed by atoms with Crippen LogP contribution in [0.1, 0.15) is 24.8 Å². The Morgan fingerprint density at radius 3 is 2.33 bits per heavy atom. The zero-order valence-corrected chi connectivity index (χ0v) is 10.4. The molecule has 0 saturated carbocycles. The normalized spacial score (nSPS) is 15.9. The van der Waals surface area contributed by atoms with Crippen molar-refractivity contribution in [2.24, 2.45) is 21.7 Å². The first-order chi connectivity index (χ1) is 8.75. The van der Waals surface area contributed by atoms with Gasteiger partial charge in [0.05, 0.1) is 6.21 Å². The second kappa shape index (κ2) is 6.05. The van der Waals surface area contributed by atoms with Gasteiger partial charge in [-0.15, -0.1) is 5.10 Å². The molecule has 0 bridgehead atoms. The molecule has 1 heterocycles. The van der Waals surface area contributed by atoms with Crippen LogP contribution in [0.5, 0.6) is 0 Å². The molecule has 0 aliphatic carbocycles. The molecule has 0 unspecified atom stereocenters. The highest BCUT2D eigenvalue weighted by Gasteiger charge is 2.09. The molecular formula is C13H19N5. The first-order valence-electron chi connectivity index (χ1n) is 6.23. The second-order valence-corrected chi connectivity index (χ2v) is 4.41. The van der Waals surface area contributed by atoms with Crippen LogP contribution in [0.3, 0.4) is 0 Å². The Kier molecular flexibility index (Phi) is 4.17. The Hall–Kier alpha value is -2.04. The summed E-state index contributed by atoms with van der Waals surface area (Å²) in [6.45, 7) is 2.31. The zero-order valence-electron chi connectivity index (χ0n) is 10.4. The average molecular weight is 245 g/mol. The number of rotatable bonds is 3. The molecule has 0 radical (unpaired) electrons. The topological polar surface area (TPSA) is 80.0 Å². The molecule has 1 saturated heterocycles. The van der Waals surface area contributed by atoms with Gasteiger partial charge in [0.15, 0.2) is 0 Å². The van der Waals surface area contributed by atoms with Gasteiger partial charge >= 0.3 is 0 Å². The van der Waals surface area contributed by atoms with Crippen molar-refractivity contribution in [1.29, 1.82) is 0 Å². The quantitative estimate of drug-likeness (QED) is 0.478. The maximum atomic E-state index is 5.19. The van der Waals surface area contributed by atoms with Crippen LogP contribution in [-0.2, 0) is 0 Å². The second-order valence-electron chi connectivity index (χ2n) is 4.41. The zero-order chi connectivity index (χ0) is 12.8. The molecule has 96 valence electrons. The molecule has 1 aromatic rings. The molecule has 5 nitrogen and oxygen atoms in total. The number of benzene rings is 1. The summed E-state index contributed by atoms with van der Waals surface area (Å²) in [5, 5.41) is 7.35. The molecule has 2 rings (SSSR count). The molecule has 1 fully saturated rings. The van der Waals surface area contributed by atoms with Crippen LogP contribution in [-0.4, -0.2) is 25.3 Å². The third kappa shape index (κ3) is 3.48. The van der Waals surface area contributed by atoms with Crippen molar-refractivity contribution in [3.63, 3.8) is 0 Å². The Labute approximate surface area is 107 Å². The standard InChI is InChI=1S/C13H19N5/c14-13(15)17-16-10-11-4-6-12(7-5-11)18-8-2-1-3-9-18/h4-7,10H,1-3,8-9H2,(H4,14,15,17)/b16-10+. The molecule has 4 N–H and O–H groups in total. The number of hydrogen-bond acceptors (Lipinski definition) is 3. The van der Waals surface area contributed by atoms with E-state index in [-0.39, 0.29) is 5.96 Å². The third-order valence-corrected chi connectivity index (χ3v) is 2.99. The molecular weight excluding hydrogens is 226 g/mol. The van der Waals surface area contributed by atoms with Crippen molar-refractivity contribution in [3.05, 3.63) is 29.8 Å². The van der Waals surface area contributed by atoms with Gasteiger partial charge in [-0.3, -0.25) is 0 Å². The van der Waals surface area contributed by atoms with Crippen LogP contribution in [0.2, 0.25) is 0 Å². The lowest BCUT2D eigenvalue weighted by atomic mass is 10.1. The summed E-state index contributed by atoms with van der Waals surface area (Å²) in [5.41, 5.74) is 12.6. The van der Waals surface area contributed by atoms with Gasteiger partial charge in [0.1, 0.15) is 0 Å². The monoisotopic (exact) mass is 245 g/mol. The molecule has 0 spiro atoms. The van der Waals surface area contributed by atoms with Crippen LogP contribution in [0.15, 0.2) is 34.5 Å². The van der Waals surface area contributed by atoms with Crippen molar-refractivity contribution in [2.45, 2.75) is 19.3 Å². The first kappa shape index (κ1) is 12.4. The molecule has 0 amide bonds. The highest BCUT2D eigenvalue weighted by molar-refractivity contribution is 5.82. The molecule has 0 atom stereocenters. The summed E-state index contributed by atoms with van der Waals surface area (Å²) in [6, 6.07) is 8.27. The maximum absolute atomic E-state index is 5.19. The van der Waals surface area contributed by atoms with Gasteiger partial charge in [0.25, 0.3) is 0 Å². The lowest BCUT2D eigenvalue weighted by molar-refractivity contribution is 0.578. The van der Waals surface area contributed by atoms with E-state index < -0.39 is 0 Å². The van der Waals surface area contributed by atoms with E-state index in [9.17, 15) is 0 Å². The molecule has 1 aliphatic rings. The van der Waals surface area contributed by atoms with Crippen LogP contribution >= 0.6 is 0 Å². The van der Waals surface area contributed by atoms with E-state index in [0.29, 0.717) is 0 Å². The van der Waals surface area contributed by atoms with Gasteiger partial charge < -0.3 is 16.4 Å². The van der Waals surface area contributed by atoms with Crippen molar-refractivity contribution >= 4 is 17.9 Å². The fraction of sp³-hybridized carbons (Fsp3) is 0.385. The number of piperidine rings is 1. The number of nitrogens with two attached hydrogens (primary N) is 2. The lowest BCUT2D eigenvalue weighted by Gasteiger charge is -2.28. The minimum absolute atomic E-state index is 0.0313. The number of anilines is 1. The average Bonchev–Trinajstić information content (AvgIpc) is 2.40. The van der Waals surface area contributed by atoms with Crippen molar-refractivity contribution in [3.8, 4) is 0 Å². The third-order valence-electron chi connectivity index (χ3n) is 2.99. The number of hydrogen-bond donors (Lipinski definition) is 2. The van der Waals surface area contributed by atoms with Crippen LogP contribution in [0.4, 0.5) is 5.69 Å². The van der Waals surface area contributed by atoms with Crippen molar-refractivity contribution in [2.75, 3.05) is 18.0 Å². The smallest absolute Gasteiger partial charge is 0.211 e. The lowest BCUT2D eigenvalue weighted by Crippen LogP contribution is -2.29. The SMILES string of the molecule is NC(N)=N/N=C/c1ccc(N2CCCCC2)cc1. The van der Waals surface area contributed by atoms with Gasteiger partial charge in [-0.25, -0.2) is 0 Å². The van der Waals surface area contributed by atoms with E-state index >= 15 is 0 Å². The highest BCUT2D eigenvalue weighted by atomic mass is 15.3. The van der Waals surface area contributed by atoms with E-state index in [0.717, 1.165) is 18.7 Å². The van der Waals surface area contributed by atoms with Gasteiger partial charge in [0, 0.05) is 18.8 Å².